The summed E-state index contributed by atoms with van der Waals surface area (Å²) in [6.45, 7) is 6.33. The molecular weight excluding hydrogens is 388 g/mol. The Morgan fingerprint density at radius 3 is 2.50 bits per heavy atom. The standard InChI is InChI=1S/C23H25ClN2OS/c1-15(2)12-17-8-10-18(11-9-17)16(3)22(27)26-23-25-14-20(28-23)13-19-6-4-5-7-21(19)24/h4-11,14-16H,12-13H2,1-3H3,(H,25,26,27)/t16-/m1/s1. The van der Waals surface area contributed by atoms with Gasteiger partial charge in [-0.25, -0.2) is 4.98 Å². The number of thiazole rings is 1. The molecule has 1 heterocycles. The number of carbonyl (C=O) groups excluding carboxylic acids is 1. The lowest BCUT2D eigenvalue weighted by Gasteiger charge is -2.12. The second-order valence-corrected chi connectivity index (χ2v) is 8.97. The highest BCUT2D eigenvalue weighted by Crippen LogP contribution is 2.26. The smallest absolute Gasteiger partial charge is 0.233 e. The zero-order chi connectivity index (χ0) is 20.1. The molecule has 0 fully saturated rings. The van der Waals surface area contributed by atoms with E-state index in [0.29, 0.717) is 17.5 Å². The number of carbonyl (C=O) groups is 1. The van der Waals surface area contributed by atoms with Crippen molar-refractivity contribution in [3.05, 3.63) is 81.3 Å². The number of hydrogen-bond donors (Lipinski definition) is 1. The van der Waals surface area contributed by atoms with Gasteiger partial charge in [0.1, 0.15) is 0 Å². The zero-order valence-electron chi connectivity index (χ0n) is 16.4. The second kappa shape index (κ2) is 9.35. The van der Waals surface area contributed by atoms with Gasteiger partial charge in [0.15, 0.2) is 5.13 Å². The van der Waals surface area contributed by atoms with E-state index < -0.39 is 0 Å². The van der Waals surface area contributed by atoms with E-state index in [-0.39, 0.29) is 11.8 Å². The first kappa shape index (κ1) is 20.6. The Morgan fingerprint density at radius 2 is 1.82 bits per heavy atom. The molecule has 1 aromatic heterocycles. The summed E-state index contributed by atoms with van der Waals surface area (Å²) in [5, 5.41) is 4.31. The third kappa shape index (κ3) is 5.43. The number of rotatable bonds is 7. The van der Waals surface area contributed by atoms with Gasteiger partial charge in [0, 0.05) is 22.5 Å². The molecule has 1 amide bonds. The molecule has 5 heteroatoms. The van der Waals surface area contributed by atoms with Gasteiger partial charge in [0.2, 0.25) is 5.91 Å². The van der Waals surface area contributed by atoms with Crippen molar-refractivity contribution in [2.75, 3.05) is 5.32 Å². The van der Waals surface area contributed by atoms with Gasteiger partial charge < -0.3 is 5.32 Å². The predicted octanol–water partition coefficient (Wildman–Crippen LogP) is 6.33. The fraction of sp³-hybridized carbons (Fsp3) is 0.304. The molecule has 3 aromatic rings. The summed E-state index contributed by atoms with van der Waals surface area (Å²) in [6.07, 6.45) is 3.56. The lowest BCUT2D eigenvalue weighted by atomic mass is 9.96. The summed E-state index contributed by atoms with van der Waals surface area (Å²) in [6, 6.07) is 16.1. The molecule has 0 radical (unpaired) electrons. The van der Waals surface area contributed by atoms with Crippen LogP contribution in [0.15, 0.2) is 54.7 Å². The normalized spacial score (nSPS) is 12.2. The summed E-state index contributed by atoms with van der Waals surface area (Å²) in [7, 11) is 0. The van der Waals surface area contributed by atoms with Gasteiger partial charge in [-0.15, -0.1) is 11.3 Å². The Kier molecular flexibility index (Phi) is 6.87. The first-order valence-corrected chi connectivity index (χ1v) is 10.7. The molecule has 0 aliphatic carbocycles. The summed E-state index contributed by atoms with van der Waals surface area (Å²) in [5.74, 6) is 0.343. The first-order valence-electron chi connectivity index (χ1n) is 9.50. The van der Waals surface area contributed by atoms with Crippen LogP contribution in [0.1, 0.15) is 48.3 Å². The van der Waals surface area contributed by atoms with E-state index in [1.807, 2.05) is 43.3 Å². The molecule has 3 rings (SSSR count). The van der Waals surface area contributed by atoms with Gasteiger partial charge in [-0.3, -0.25) is 4.79 Å². The Balaban J connectivity index is 1.61. The van der Waals surface area contributed by atoms with Crippen LogP contribution in [0.4, 0.5) is 5.13 Å². The predicted molar refractivity (Wildman–Crippen MR) is 118 cm³/mol. The molecule has 1 N–H and O–H groups in total. The van der Waals surface area contributed by atoms with Crippen molar-refractivity contribution >= 4 is 34.0 Å². The van der Waals surface area contributed by atoms with Crippen LogP contribution in [0.2, 0.25) is 5.02 Å². The first-order chi connectivity index (χ1) is 13.4. The number of amides is 1. The minimum absolute atomic E-state index is 0.0461. The third-order valence-electron chi connectivity index (χ3n) is 4.62. The van der Waals surface area contributed by atoms with Crippen molar-refractivity contribution in [1.29, 1.82) is 0 Å². The maximum Gasteiger partial charge on any atom is 0.233 e. The van der Waals surface area contributed by atoms with Gasteiger partial charge in [0.05, 0.1) is 5.92 Å². The van der Waals surface area contributed by atoms with E-state index in [0.717, 1.165) is 27.4 Å². The Morgan fingerprint density at radius 1 is 1.11 bits per heavy atom. The van der Waals surface area contributed by atoms with Crippen molar-refractivity contribution in [2.45, 2.75) is 39.5 Å². The van der Waals surface area contributed by atoms with Crippen LogP contribution >= 0.6 is 22.9 Å². The molecule has 3 nitrogen and oxygen atoms in total. The number of anilines is 1. The number of nitrogens with zero attached hydrogens (tertiary/aromatic N) is 1. The highest BCUT2D eigenvalue weighted by atomic mass is 35.5. The fourth-order valence-electron chi connectivity index (χ4n) is 3.06. The quantitative estimate of drug-likeness (QED) is 0.492. The van der Waals surface area contributed by atoms with Gasteiger partial charge >= 0.3 is 0 Å². The molecule has 2 aromatic carbocycles. The van der Waals surface area contributed by atoms with E-state index in [9.17, 15) is 4.79 Å². The molecule has 0 spiro atoms. The molecule has 1 atom stereocenters. The van der Waals surface area contributed by atoms with Crippen molar-refractivity contribution in [3.63, 3.8) is 0 Å². The highest BCUT2D eigenvalue weighted by Gasteiger charge is 2.17. The maximum absolute atomic E-state index is 12.6. The topological polar surface area (TPSA) is 42.0 Å². The molecule has 0 bridgehead atoms. The van der Waals surface area contributed by atoms with Crippen LogP contribution < -0.4 is 5.32 Å². The highest BCUT2D eigenvalue weighted by molar-refractivity contribution is 7.15. The van der Waals surface area contributed by atoms with Crippen LogP contribution in [-0.4, -0.2) is 10.9 Å². The number of nitrogens with one attached hydrogen (secondary N) is 1. The van der Waals surface area contributed by atoms with Gasteiger partial charge in [-0.2, -0.15) is 0 Å². The number of benzene rings is 2. The molecule has 0 saturated heterocycles. The number of aromatic nitrogens is 1. The molecule has 28 heavy (non-hydrogen) atoms. The second-order valence-electron chi connectivity index (χ2n) is 7.45. The third-order valence-corrected chi connectivity index (χ3v) is 5.90. The summed E-state index contributed by atoms with van der Waals surface area (Å²) < 4.78 is 0. The Labute approximate surface area is 175 Å². The van der Waals surface area contributed by atoms with Crippen LogP contribution in [0.25, 0.3) is 0 Å². The largest absolute Gasteiger partial charge is 0.301 e. The van der Waals surface area contributed by atoms with E-state index in [1.165, 1.54) is 16.9 Å². The van der Waals surface area contributed by atoms with Crippen molar-refractivity contribution in [3.8, 4) is 0 Å². The molecule has 0 unspecified atom stereocenters. The summed E-state index contributed by atoms with van der Waals surface area (Å²) in [5.41, 5.74) is 3.37. The van der Waals surface area contributed by atoms with Crippen LogP contribution in [0, 0.1) is 5.92 Å². The van der Waals surface area contributed by atoms with Crippen LogP contribution in [-0.2, 0) is 17.6 Å². The van der Waals surface area contributed by atoms with E-state index in [1.54, 1.807) is 6.20 Å². The summed E-state index contributed by atoms with van der Waals surface area (Å²) in [4.78, 5) is 18.0. The van der Waals surface area contributed by atoms with Crippen molar-refractivity contribution in [2.24, 2.45) is 5.92 Å². The van der Waals surface area contributed by atoms with E-state index >= 15 is 0 Å². The number of halogens is 1. The van der Waals surface area contributed by atoms with E-state index in [2.05, 4.69) is 36.3 Å². The van der Waals surface area contributed by atoms with Crippen molar-refractivity contribution in [1.82, 2.24) is 4.98 Å². The lowest BCUT2D eigenvalue weighted by molar-refractivity contribution is -0.117. The minimum atomic E-state index is -0.232. The van der Waals surface area contributed by atoms with Crippen LogP contribution in [0.5, 0.6) is 0 Å². The average molecular weight is 413 g/mol. The Hall–Kier alpha value is -2.17. The zero-order valence-corrected chi connectivity index (χ0v) is 18.0. The SMILES string of the molecule is CC(C)Cc1ccc([C@@H](C)C(=O)Nc2ncc(Cc3ccccc3Cl)s2)cc1. The lowest BCUT2D eigenvalue weighted by Crippen LogP contribution is -2.18. The van der Waals surface area contributed by atoms with Crippen LogP contribution in [0.3, 0.4) is 0 Å². The molecule has 146 valence electrons. The molecular formula is C23H25ClN2OS. The van der Waals surface area contributed by atoms with Gasteiger partial charge in [-0.1, -0.05) is 67.9 Å². The average Bonchev–Trinajstić information content (AvgIpc) is 3.10. The molecule has 0 aliphatic rings. The molecule has 0 aliphatic heterocycles. The maximum atomic E-state index is 12.6. The monoisotopic (exact) mass is 412 g/mol. The number of hydrogen-bond acceptors (Lipinski definition) is 3. The molecule has 0 saturated carbocycles. The summed E-state index contributed by atoms with van der Waals surface area (Å²) >= 11 is 7.71. The minimum Gasteiger partial charge on any atom is -0.301 e. The van der Waals surface area contributed by atoms with Crippen molar-refractivity contribution < 1.29 is 4.79 Å². The van der Waals surface area contributed by atoms with E-state index in [4.69, 9.17) is 11.6 Å². The van der Waals surface area contributed by atoms with Gasteiger partial charge in [0.25, 0.3) is 0 Å². The fourth-order valence-corrected chi connectivity index (χ4v) is 4.10. The van der Waals surface area contributed by atoms with Gasteiger partial charge in [-0.05, 0) is 42.0 Å². The Bertz CT molecular complexity index is 934.